The summed E-state index contributed by atoms with van der Waals surface area (Å²) in [7, 11) is 0. The highest BCUT2D eigenvalue weighted by atomic mass is 79.9. The van der Waals surface area contributed by atoms with Crippen LogP contribution in [0.2, 0.25) is 0 Å². The van der Waals surface area contributed by atoms with Crippen LogP contribution in [0.3, 0.4) is 0 Å². The Kier molecular flexibility index (Phi) is 3.66. The number of aromatic nitrogens is 1. The van der Waals surface area contributed by atoms with Gasteiger partial charge in [-0.1, -0.05) is 46.3 Å². The van der Waals surface area contributed by atoms with Crippen molar-refractivity contribution in [2.24, 2.45) is 0 Å². The molecule has 1 aromatic heterocycles. The molecule has 3 rings (SSSR count). The highest BCUT2D eigenvalue weighted by Crippen LogP contribution is 2.27. The molecular weight excluding hydrogens is 310 g/mol. The van der Waals surface area contributed by atoms with Gasteiger partial charge in [-0.05, 0) is 53.9 Å². The predicted molar refractivity (Wildman–Crippen MR) is 87.5 cm³/mol. The maximum Gasteiger partial charge on any atom is 0.0708 e. The van der Waals surface area contributed by atoms with E-state index in [1.165, 1.54) is 16.7 Å². The van der Waals surface area contributed by atoms with E-state index in [1.54, 1.807) is 0 Å². The highest BCUT2D eigenvalue weighted by Gasteiger charge is 2.04. The zero-order valence-corrected chi connectivity index (χ0v) is 12.8. The molecule has 0 atom stereocenters. The summed E-state index contributed by atoms with van der Waals surface area (Å²) in [6.45, 7) is 2.09. The number of hydrogen-bond donors (Lipinski definition) is 0. The van der Waals surface area contributed by atoms with Crippen LogP contribution in [0.1, 0.15) is 5.56 Å². The Hall–Kier alpha value is -1.93. The van der Waals surface area contributed by atoms with Gasteiger partial charge in [0.15, 0.2) is 0 Å². The monoisotopic (exact) mass is 323 g/mol. The lowest BCUT2D eigenvalue weighted by molar-refractivity contribution is 1.31. The third kappa shape index (κ3) is 2.81. The third-order valence-corrected chi connectivity index (χ3v) is 3.66. The van der Waals surface area contributed by atoms with E-state index in [2.05, 4.69) is 76.4 Å². The maximum atomic E-state index is 4.50. The van der Waals surface area contributed by atoms with Crippen LogP contribution in [0.25, 0.3) is 22.4 Å². The Morgan fingerprint density at radius 2 is 1.60 bits per heavy atom. The van der Waals surface area contributed by atoms with Gasteiger partial charge in [0.1, 0.15) is 0 Å². The van der Waals surface area contributed by atoms with Crippen molar-refractivity contribution in [3.8, 4) is 22.4 Å². The first-order chi connectivity index (χ1) is 9.72. The van der Waals surface area contributed by atoms with Crippen molar-refractivity contribution >= 4 is 15.9 Å². The third-order valence-electron chi connectivity index (χ3n) is 3.20. The van der Waals surface area contributed by atoms with Gasteiger partial charge in [0, 0.05) is 16.2 Å². The Labute approximate surface area is 127 Å². The van der Waals surface area contributed by atoms with E-state index < -0.39 is 0 Å². The van der Waals surface area contributed by atoms with Crippen molar-refractivity contribution in [3.63, 3.8) is 0 Å². The van der Waals surface area contributed by atoms with E-state index in [0.29, 0.717) is 0 Å². The molecule has 0 radical (unpaired) electrons. The number of halogens is 1. The van der Waals surface area contributed by atoms with E-state index in [1.807, 2.05) is 18.3 Å². The van der Waals surface area contributed by atoms with Gasteiger partial charge in [-0.25, -0.2) is 0 Å². The van der Waals surface area contributed by atoms with E-state index >= 15 is 0 Å². The van der Waals surface area contributed by atoms with Crippen molar-refractivity contribution in [1.82, 2.24) is 4.98 Å². The molecule has 0 unspecified atom stereocenters. The number of rotatable bonds is 2. The van der Waals surface area contributed by atoms with Crippen molar-refractivity contribution < 1.29 is 0 Å². The molecule has 20 heavy (non-hydrogen) atoms. The van der Waals surface area contributed by atoms with Crippen LogP contribution < -0.4 is 0 Å². The van der Waals surface area contributed by atoms with Gasteiger partial charge < -0.3 is 0 Å². The van der Waals surface area contributed by atoms with Gasteiger partial charge in [-0.3, -0.25) is 4.98 Å². The van der Waals surface area contributed by atoms with Gasteiger partial charge in [-0.15, -0.1) is 0 Å². The fourth-order valence-electron chi connectivity index (χ4n) is 2.28. The van der Waals surface area contributed by atoms with Gasteiger partial charge >= 0.3 is 0 Å². The van der Waals surface area contributed by atoms with Crippen LogP contribution in [0.5, 0.6) is 0 Å². The number of hydrogen-bond acceptors (Lipinski definition) is 1. The Morgan fingerprint density at radius 3 is 2.35 bits per heavy atom. The van der Waals surface area contributed by atoms with Crippen molar-refractivity contribution in [2.75, 3.05) is 0 Å². The fourth-order valence-corrected chi connectivity index (χ4v) is 2.89. The normalized spacial score (nSPS) is 10.5. The van der Waals surface area contributed by atoms with Crippen LogP contribution in [-0.4, -0.2) is 4.98 Å². The standard InChI is InChI=1S/C18H14BrN/c1-13-9-16(11-17(19)10-13)18-12-15(7-8-20-18)14-5-3-2-4-6-14/h2-12H,1H3. The quantitative estimate of drug-likeness (QED) is 0.608. The SMILES string of the molecule is Cc1cc(Br)cc(-c2cc(-c3ccccc3)ccn2)c1. The average Bonchev–Trinajstić information content (AvgIpc) is 2.47. The fraction of sp³-hybridized carbons (Fsp3) is 0.0556. The highest BCUT2D eigenvalue weighted by molar-refractivity contribution is 9.10. The van der Waals surface area contributed by atoms with Crippen LogP contribution in [-0.2, 0) is 0 Å². The first kappa shape index (κ1) is 13.1. The van der Waals surface area contributed by atoms with Crippen LogP contribution in [0, 0.1) is 6.92 Å². The smallest absolute Gasteiger partial charge is 0.0708 e. The predicted octanol–water partition coefficient (Wildman–Crippen LogP) is 5.49. The molecule has 98 valence electrons. The molecule has 0 N–H and O–H groups in total. The molecule has 1 nitrogen and oxygen atoms in total. The van der Waals surface area contributed by atoms with E-state index in [-0.39, 0.29) is 0 Å². The Morgan fingerprint density at radius 1 is 0.800 bits per heavy atom. The summed E-state index contributed by atoms with van der Waals surface area (Å²) >= 11 is 3.55. The molecule has 0 aliphatic carbocycles. The Bertz CT molecular complexity index is 715. The summed E-state index contributed by atoms with van der Waals surface area (Å²) in [5.41, 5.74) is 5.75. The molecule has 2 heteroatoms. The molecule has 0 fully saturated rings. The largest absolute Gasteiger partial charge is 0.256 e. The molecule has 2 aromatic carbocycles. The minimum Gasteiger partial charge on any atom is -0.256 e. The lowest BCUT2D eigenvalue weighted by atomic mass is 10.0. The van der Waals surface area contributed by atoms with Gasteiger partial charge in [0.05, 0.1) is 5.69 Å². The molecule has 0 bridgehead atoms. The molecular formula is C18H14BrN. The van der Waals surface area contributed by atoms with Crippen molar-refractivity contribution in [3.05, 3.63) is 76.9 Å². The summed E-state index contributed by atoms with van der Waals surface area (Å²) < 4.78 is 1.08. The zero-order valence-electron chi connectivity index (χ0n) is 11.2. The summed E-state index contributed by atoms with van der Waals surface area (Å²) in [6.07, 6.45) is 1.87. The molecule has 0 aliphatic heterocycles. The molecule has 3 aromatic rings. The van der Waals surface area contributed by atoms with Gasteiger partial charge in [-0.2, -0.15) is 0 Å². The van der Waals surface area contributed by atoms with E-state index in [9.17, 15) is 0 Å². The van der Waals surface area contributed by atoms with E-state index in [4.69, 9.17) is 0 Å². The lowest BCUT2D eigenvalue weighted by Crippen LogP contribution is -1.86. The Balaban J connectivity index is 2.07. The summed E-state index contributed by atoms with van der Waals surface area (Å²) in [5, 5.41) is 0. The second-order valence-corrected chi connectivity index (χ2v) is 5.73. The zero-order chi connectivity index (χ0) is 13.9. The van der Waals surface area contributed by atoms with Crippen molar-refractivity contribution in [1.29, 1.82) is 0 Å². The topological polar surface area (TPSA) is 12.9 Å². The number of benzene rings is 2. The minimum absolute atomic E-state index is 0.996. The van der Waals surface area contributed by atoms with Crippen LogP contribution >= 0.6 is 15.9 Å². The van der Waals surface area contributed by atoms with Gasteiger partial charge in [0.2, 0.25) is 0 Å². The van der Waals surface area contributed by atoms with E-state index in [0.717, 1.165) is 15.7 Å². The van der Waals surface area contributed by atoms with Gasteiger partial charge in [0.25, 0.3) is 0 Å². The summed E-state index contributed by atoms with van der Waals surface area (Å²) in [4.78, 5) is 4.50. The molecule has 1 heterocycles. The molecule has 0 spiro atoms. The molecule has 0 aliphatic rings. The first-order valence-electron chi connectivity index (χ1n) is 6.51. The maximum absolute atomic E-state index is 4.50. The second-order valence-electron chi connectivity index (χ2n) is 4.81. The average molecular weight is 324 g/mol. The van der Waals surface area contributed by atoms with Crippen LogP contribution in [0.15, 0.2) is 71.3 Å². The molecule has 0 amide bonds. The number of aryl methyl sites for hydroxylation is 1. The minimum atomic E-state index is 0.996. The lowest BCUT2D eigenvalue weighted by Gasteiger charge is -2.07. The second kappa shape index (κ2) is 5.59. The number of pyridine rings is 1. The van der Waals surface area contributed by atoms with Crippen molar-refractivity contribution in [2.45, 2.75) is 6.92 Å². The number of nitrogens with zero attached hydrogens (tertiary/aromatic N) is 1. The van der Waals surface area contributed by atoms with Crippen LogP contribution in [0.4, 0.5) is 0 Å². The summed E-state index contributed by atoms with van der Waals surface area (Å²) in [6, 6.07) is 20.9. The molecule has 0 saturated carbocycles. The molecule has 0 saturated heterocycles. The summed E-state index contributed by atoms with van der Waals surface area (Å²) in [5.74, 6) is 0. The first-order valence-corrected chi connectivity index (χ1v) is 7.31.